The molecule has 0 fully saturated rings. The summed E-state index contributed by atoms with van der Waals surface area (Å²) in [6.45, 7) is 0.319. The SMILES string of the molecule is COC(=O)c1cccc(C(=O)NCc2ccc(-n3cnc4ccccc43)nc2)c1. The Kier molecular flexibility index (Phi) is 5.03. The molecule has 0 atom stereocenters. The number of amides is 1. The molecule has 2 heterocycles. The number of pyridine rings is 1. The molecule has 29 heavy (non-hydrogen) atoms. The zero-order valence-corrected chi connectivity index (χ0v) is 15.7. The fraction of sp³-hybridized carbons (Fsp3) is 0.0909. The highest BCUT2D eigenvalue weighted by atomic mass is 16.5. The Morgan fingerprint density at radius 1 is 1.00 bits per heavy atom. The molecule has 0 aliphatic heterocycles. The van der Waals surface area contributed by atoms with E-state index in [1.54, 1.807) is 30.7 Å². The van der Waals surface area contributed by atoms with E-state index in [0.717, 1.165) is 22.4 Å². The molecule has 144 valence electrons. The zero-order valence-electron chi connectivity index (χ0n) is 15.7. The summed E-state index contributed by atoms with van der Waals surface area (Å²) >= 11 is 0. The first-order valence-corrected chi connectivity index (χ1v) is 8.99. The van der Waals surface area contributed by atoms with E-state index in [1.165, 1.54) is 13.2 Å². The maximum Gasteiger partial charge on any atom is 0.337 e. The first-order chi connectivity index (χ1) is 14.2. The Morgan fingerprint density at radius 2 is 1.83 bits per heavy atom. The fourth-order valence-electron chi connectivity index (χ4n) is 3.00. The molecule has 0 aliphatic rings. The van der Waals surface area contributed by atoms with E-state index in [0.29, 0.717) is 17.7 Å². The van der Waals surface area contributed by atoms with Gasteiger partial charge in [-0.25, -0.2) is 14.8 Å². The van der Waals surface area contributed by atoms with Crippen LogP contribution in [0.5, 0.6) is 0 Å². The van der Waals surface area contributed by atoms with E-state index in [1.807, 2.05) is 41.0 Å². The number of nitrogens with zero attached hydrogens (tertiary/aromatic N) is 3. The van der Waals surface area contributed by atoms with Crippen LogP contribution in [0.25, 0.3) is 16.9 Å². The van der Waals surface area contributed by atoms with E-state index in [2.05, 4.69) is 20.0 Å². The van der Waals surface area contributed by atoms with Crippen LogP contribution in [0.2, 0.25) is 0 Å². The summed E-state index contributed by atoms with van der Waals surface area (Å²) in [6.07, 6.45) is 3.46. The van der Waals surface area contributed by atoms with E-state index >= 15 is 0 Å². The van der Waals surface area contributed by atoms with Gasteiger partial charge in [0.05, 0.1) is 23.7 Å². The average molecular weight is 386 g/mol. The number of fused-ring (bicyclic) bond motifs is 1. The second kappa shape index (κ2) is 7.93. The van der Waals surface area contributed by atoms with Crippen molar-refractivity contribution >= 4 is 22.9 Å². The number of hydrogen-bond acceptors (Lipinski definition) is 5. The standard InChI is InChI=1S/C22H18N4O3/c1-29-22(28)17-6-4-5-16(11-17)21(27)24-13-15-9-10-20(23-12-15)26-14-25-18-7-2-3-8-19(18)26/h2-12,14H,13H2,1H3,(H,24,27). The van der Waals surface area contributed by atoms with Gasteiger partial charge in [-0.3, -0.25) is 9.36 Å². The highest BCUT2D eigenvalue weighted by Gasteiger charge is 2.11. The molecule has 1 N–H and O–H groups in total. The third kappa shape index (κ3) is 3.84. The van der Waals surface area contributed by atoms with Gasteiger partial charge in [-0.1, -0.05) is 24.3 Å². The van der Waals surface area contributed by atoms with Gasteiger partial charge in [0.2, 0.25) is 0 Å². The van der Waals surface area contributed by atoms with Gasteiger partial charge in [0.25, 0.3) is 5.91 Å². The number of aromatic nitrogens is 3. The first kappa shape index (κ1) is 18.4. The lowest BCUT2D eigenvalue weighted by Crippen LogP contribution is -2.23. The minimum atomic E-state index is -0.480. The highest BCUT2D eigenvalue weighted by Crippen LogP contribution is 2.16. The zero-order chi connectivity index (χ0) is 20.2. The van der Waals surface area contributed by atoms with Crippen molar-refractivity contribution in [3.8, 4) is 5.82 Å². The summed E-state index contributed by atoms with van der Waals surface area (Å²) < 4.78 is 6.60. The lowest BCUT2D eigenvalue weighted by molar-refractivity contribution is 0.0600. The van der Waals surface area contributed by atoms with Gasteiger partial charge < -0.3 is 10.1 Å². The molecule has 4 aromatic rings. The van der Waals surface area contributed by atoms with Crippen molar-refractivity contribution in [2.45, 2.75) is 6.54 Å². The molecule has 0 bridgehead atoms. The monoisotopic (exact) mass is 386 g/mol. The lowest BCUT2D eigenvalue weighted by Gasteiger charge is -2.08. The van der Waals surface area contributed by atoms with Crippen LogP contribution in [0.15, 0.2) is 73.2 Å². The van der Waals surface area contributed by atoms with Crippen LogP contribution >= 0.6 is 0 Å². The number of benzene rings is 2. The third-order valence-electron chi connectivity index (χ3n) is 4.51. The Morgan fingerprint density at radius 3 is 2.62 bits per heavy atom. The Hall–Kier alpha value is -4.00. The number of esters is 1. The molecule has 7 nitrogen and oxygen atoms in total. The quantitative estimate of drug-likeness (QED) is 0.533. The van der Waals surface area contributed by atoms with Gasteiger partial charge in [0.15, 0.2) is 0 Å². The van der Waals surface area contributed by atoms with Crippen molar-refractivity contribution in [3.63, 3.8) is 0 Å². The number of hydrogen-bond donors (Lipinski definition) is 1. The minimum Gasteiger partial charge on any atom is -0.465 e. The van der Waals surface area contributed by atoms with E-state index in [4.69, 9.17) is 0 Å². The Bertz CT molecular complexity index is 1180. The number of nitrogens with one attached hydrogen (secondary N) is 1. The van der Waals surface area contributed by atoms with Crippen LogP contribution in [0.1, 0.15) is 26.3 Å². The van der Waals surface area contributed by atoms with Crippen LogP contribution in [-0.4, -0.2) is 33.5 Å². The van der Waals surface area contributed by atoms with E-state index < -0.39 is 5.97 Å². The van der Waals surface area contributed by atoms with Crippen LogP contribution < -0.4 is 5.32 Å². The normalized spacial score (nSPS) is 10.7. The number of ether oxygens (including phenoxy) is 1. The van der Waals surface area contributed by atoms with Gasteiger partial charge >= 0.3 is 5.97 Å². The predicted molar refractivity (Wildman–Crippen MR) is 108 cm³/mol. The van der Waals surface area contributed by atoms with Gasteiger partial charge in [-0.15, -0.1) is 0 Å². The fourth-order valence-corrected chi connectivity index (χ4v) is 3.00. The Balaban J connectivity index is 1.44. The second-order valence-electron chi connectivity index (χ2n) is 6.38. The number of para-hydroxylation sites is 2. The lowest BCUT2D eigenvalue weighted by atomic mass is 10.1. The van der Waals surface area contributed by atoms with Gasteiger partial charge in [-0.05, 0) is 42.0 Å². The van der Waals surface area contributed by atoms with Crippen molar-refractivity contribution in [3.05, 3.63) is 89.9 Å². The summed E-state index contributed by atoms with van der Waals surface area (Å²) in [5.74, 6) is -0.00791. The summed E-state index contributed by atoms with van der Waals surface area (Å²) in [6, 6.07) is 18.0. The van der Waals surface area contributed by atoms with Crippen molar-refractivity contribution in [1.29, 1.82) is 0 Å². The number of rotatable bonds is 5. The molecule has 0 unspecified atom stereocenters. The van der Waals surface area contributed by atoms with E-state index in [-0.39, 0.29) is 5.91 Å². The van der Waals surface area contributed by atoms with Crippen molar-refractivity contribution in [1.82, 2.24) is 19.9 Å². The van der Waals surface area contributed by atoms with Gasteiger partial charge in [-0.2, -0.15) is 0 Å². The van der Waals surface area contributed by atoms with Gasteiger partial charge in [0.1, 0.15) is 12.1 Å². The van der Waals surface area contributed by atoms with E-state index in [9.17, 15) is 9.59 Å². The molecule has 0 aliphatic carbocycles. The average Bonchev–Trinajstić information content (AvgIpc) is 3.21. The first-order valence-electron chi connectivity index (χ1n) is 8.99. The molecule has 0 spiro atoms. The maximum atomic E-state index is 12.4. The predicted octanol–water partition coefficient (Wildman–Crippen LogP) is 3.14. The number of methoxy groups -OCH3 is 1. The number of imidazole rings is 1. The summed E-state index contributed by atoms with van der Waals surface area (Å²) in [5.41, 5.74) is 3.46. The summed E-state index contributed by atoms with van der Waals surface area (Å²) in [4.78, 5) is 32.8. The molecule has 4 rings (SSSR count). The molecule has 2 aromatic carbocycles. The van der Waals surface area contributed by atoms with Crippen molar-refractivity contribution in [2.75, 3.05) is 7.11 Å². The minimum absolute atomic E-state index is 0.277. The van der Waals surface area contributed by atoms with Crippen molar-refractivity contribution in [2.24, 2.45) is 0 Å². The molecular weight excluding hydrogens is 368 g/mol. The highest BCUT2D eigenvalue weighted by molar-refractivity contribution is 5.97. The summed E-state index contributed by atoms with van der Waals surface area (Å²) in [7, 11) is 1.30. The topological polar surface area (TPSA) is 86.1 Å². The van der Waals surface area contributed by atoms with Crippen LogP contribution in [0.4, 0.5) is 0 Å². The third-order valence-corrected chi connectivity index (χ3v) is 4.51. The molecule has 2 aromatic heterocycles. The Labute approximate surface area is 167 Å². The van der Waals surface area contributed by atoms with Gasteiger partial charge in [0, 0.05) is 18.3 Å². The van der Waals surface area contributed by atoms with Crippen LogP contribution in [0.3, 0.4) is 0 Å². The number of carbonyl (C=O) groups is 2. The van der Waals surface area contributed by atoms with Crippen molar-refractivity contribution < 1.29 is 14.3 Å². The maximum absolute atomic E-state index is 12.4. The molecule has 0 saturated heterocycles. The molecular formula is C22H18N4O3. The smallest absolute Gasteiger partial charge is 0.337 e. The molecule has 7 heteroatoms. The molecule has 0 saturated carbocycles. The number of carbonyl (C=O) groups excluding carboxylic acids is 2. The van der Waals surface area contributed by atoms with Crippen LogP contribution in [-0.2, 0) is 11.3 Å². The van der Waals surface area contributed by atoms with Crippen LogP contribution in [0, 0.1) is 0 Å². The summed E-state index contributed by atoms with van der Waals surface area (Å²) in [5, 5.41) is 2.83. The largest absolute Gasteiger partial charge is 0.465 e. The molecule has 0 radical (unpaired) electrons. The second-order valence-corrected chi connectivity index (χ2v) is 6.38. The molecule has 1 amide bonds.